The van der Waals surface area contributed by atoms with Gasteiger partial charge in [-0.15, -0.1) is 0 Å². The van der Waals surface area contributed by atoms with Gasteiger partial charge in [0, 0.05) is 25.2 Å². The molecule has 0 spiro atoms. The van der Waals surface area contributed by atoms with Gasteiger partial charge < -0.3 is 5.11 Å². The van der Waals surface area contributed by atoms with Crippen molar-refractivity contribution in [1.82, 2.24) is 9.03 Å². The summed E-state index contributed by atoms with van der Waals surface area (Å²) in [4.78, 5) is 0. The number of nitrogens with zero attached hydrogens (tertiary/aromatic N) is 1. The first kappa shape index (κ1) is 17.4. The standard InChI is InChI=1S/C13H21ClN2O3S/c1-3-4-9-16(2)20(18,19)15-10-13(17)11-5-7-12(14)8-6-11/h5-8,13,15,17H,3-4,9-10H2,1-2H3. The third-order valence-electron chi connectivity index (χ3n) is 2.95. The Morgan fingerprint density at radius 1 is 1.35 bits per heavy atom. The lowest BCUT2D eigenvalue weighted by Gasteiger charge is -2.19. The zero-order valence-electron chi connectivity index (χ0n) is 11.7. The summed E-state index contributed by atoms with van der Waals surface area (Å²) >= 11 is 5.76. The van der Waals surface area contributed by atoms with Crippen molar-refractivity contribution >= 4 is 21.8 Å². The van der Waals surface area contributed by atoms with E-state index >= 15 is 0 Å². The van der Waals surface area contributed by atoms with Crippen LogP contribution in [-0.4, -0.2) is 38.0 Å². The molecule has 1 rings (SSSR count). The predicted octanol–water partition coefficient (Wildman–Crippen LogP) is 1.94. The van der Waals surface area contributed by atoms with Gasteiger partial charge in [0.15, 0.2) is 0 Å². The monoisotopic (exact) mass is 320 g/mol. The quantitative estimate of drug-likeness (QED) is 0.769. The summed E-state index contributed by atoms with van der Waals surface area (Å²) in [6.45, 7) is 2.39. The first-order valence-corrected chi connectivity index (χ1v) is 8.33. The number of unbranched alkanes of at least 4 members (excludes halogenated alkanes) is 1. The highest BCUT2D eigenvalue weighted by atomic mass is 35.5. The molecule has 0 saturated carbocycles. The van der Waals surface area contributed by atoms with E-state index in [0.717, 1.165) is 12.8 Å². The number of benzene rings is 1. The molecule has 20 heavy (non-hydrogen) atoms. The van der Waals surface area contributed by atoms with E-state index in [1.807, 2.05) is 6.92 Å². The molecule has 0 aliphatic carbocycles. The van der Waals surface area contributed by atoms with Crippen LogP contribution in [0.1, 0.15) is 31.4 Å². The highest BCUT2D eigenvalue weighted by Gasteiger charge is 2.18. The lowest BCUT2D eigenvalue weighted by atomic mass is 10.1. The molecule has 7 heteroatoms. The third-order valence-corrected chi connectivity index (χ3v) is 4.74. The Kier molecular flexibility index (Phi) is 6.91. The Morgan fingerprint density at radius 2 is 1.95 bits per heavy atom. The largest absolute Gasteiger partial charge is 0.387 e. The van der Waals surface area contributed by atoms with E-state index < -0.39 is 16.3 Å². The van der Waals surface area contributed by atoms with E-state index in [2.05, 4.69) is 4.72 Å². The number of rotatable bonds is 8. The Labute approximate surface area is 125 Å². The fourth-order valence-corrected chi connectivity index (χ4v) is 2.68. The van der Waals surface area contributed by atoms with Gasteiger partial charge in [-0.3, -0.25) is 0 Å². The molecule has 0 fully saturated rings. The van der Waals surface area contributed by atoms with Crippen LogP contribution in [0.5, 0.6) is 0 Å². The maximum absolute atomic E-state index is 11.9. The van der Waals surface area contributed by atoms with E-state index in [0.29, 0.717) is 17.1 Å². The van der Waals surface area contributed by atoms with Crippen molar-refractivity contribution in [3.05, 3.63) is 34.9 Å². The molecule has 1 aromatic rings. The van der Waals surface area contributed by atoms with E-state index in [9.17, 15) is 13.5 Å². The summed E-state index contributed by atoms with van der Waals surface area (Å²) in [5, 5.41) is 10.5. The van der Waals surface area contributed by atoms with Crippen molar-refractivity contribution < 1.29 is 13.5 Å². The van der Waals surface area contributed by atoms with Crippen LogP contribution < -0.4 is 4.72 Å². The van der Waals surface area contributed by atoms with E-state index in [1.54, 1.807) is 24.3 Å². The fourth-order valence-electron chi connectivity index (χ4n) is 1.60. The van der Waals surface area contributed by atoms with E-state index in [1.165, 1.54) is 11.4 Å². The minimum atomic E-state index is -3.55. The van der Waals surface area contributed by atoms with Crippen molar-refractivity contribution in [3.63, 3.8) is 0 Å². The zero-order valence-corrected chi connectivity index (χ0v) is 13.3. The molecule has 1 aromatic carbocycles. The predicted molar refractivity (Wildman–Crippen MR) is 80.9 cm³/mol. The van der Waals surface area contributed by atoms with Gasteiger partial charge in [-0.05, 0) is 24.1 Å². The summed E-state index contributed by atoms with van der Waals surface area (Å²) in [5.41, 5.74) is 0.619. The average Bonchev–Trinajstić information content (AvgIpc) is 2.43. The van der Waals surface area contributed by atoms with Crippen LogP contribution in [0.25, 0.3) is 0 Å². The van der Waals surface area contributed by atoms with Crippen LogP contribution >= 0.6 is 11.6 Å². The van der Waals surface area contributed by atoms with Gasteiger partial charge in [-0.25, -0.2) is 0 Å². The van der Waals surface area contributed by atoms with Crippen molar-refractivity contribution in [2.45, 2.75) is 25.9 Å². The summed E-state index contributed by atoms with van der Waals surface area (Å²) in [6, 6.07) is 6.65. The van der Waals surface area contributed by atoms with Crippen molar-refractivity contribution in [2.75, 3.05) is 20.1 Å². The van der Waals surface area contributed by atoms with Gasteiger partial charge in [-0.2, -0.15) is 17.4 Å². The minimum Gasteiger partial charge on any atom is -0.387 e. The number of aliphatic hydroxyl groups excluding tert-OH is 1. The van der Waals surface area contributed by atoms with Crippen LogP contribution in [0, 0.1) is 0 Å². The molecule has 0 saturated heterocycles. The molecule has 5 nitrogen and oxygen atoms in total. The molecule has 0 bridgehead atoms. The van der Waals surface area contributed by atoms with E-state index in [-0.39, 0.29) is 6.54 Å². The lowest BCUT2D eigenvalue weighted by molar-refractivity contribution is 0.181. The molecule has 1 atom stereocenters. The van der Waals surface area contributed by atoms with Crippen molar-refractivity contribution in [3.8, 4) is 0 Å². The normalized spacial score (nSPS) is 13.7. The van der Waals surface area contributed by atoms with Crippen molar-refractivity contribution in [2.24, 2.45) is 0 Å². The molecular formula is C13H21ClN2O3S. The molecule has 0 aromatic heterocycles. The molecular weight excluding hydrogens is 300 g/mol. The lowest BCUT2D eigenvalue weighted by Crippen LogP contribution is -2.40. The summed E-state index contributed by atoms with van der Waals surface area (Å²) in [6.07, 6.45) is 0.825. The van der Waals surface area contributed by atoms with Gasteiger partial charge in [0.25, 0.3) is 10.2 Å². The molecule has 0 radical (unpaired) electrons. The second-order valence-electron chi connectivity index (χ2n) is 4.60. The molecule has 0 aliphatic heterocycles. The second-order valence-corrected chi connectivity index (χ2v) is 6.89. The van der Waals surface area contributed by atoms with Crippen LogP contribution in [-0.2, 0) is 10.2 Å². The average molecular weight is 321 g/mol. The molecule has 2 N–H and O–H groups in total. The fraction of sp³-hybridized carbons (Fsp3) is 0.538. The highest BCUT2D eigenvalue weighted by molar-refractivity contribution is 7.87. The Morgan fingerprint density at radius 3 is 2.50 bits per heavy atom. The van der Waals surface area contributed by atoms with Gasteiger partial charge in [0.1, 0.15) is 0 Å². The summed E-state index contributed by atoms with van der Waals surface area (Å²) in [5.74, 6) is 0. The Bertz CT molecular complexity index is 505. The number of hydrogen-bond acceptors (Lipinski definition) is 3. The van der Waals surface area contributed by atoms with Gasteiger partial charge in [-0.1, -0.05) is 37.1 Å². The minimum absolute atomic E-state index is 0.0690. The van der Waals surface area contributed by atoms with Gasteiger partial charge in [0.05, 0.1) is 6.10 Å². The van der Waals surface area contributed by atoms with Crippen molar-refractivity contribution in [1.29, 1.82) is 0 Å². The second kappa shape index (κ2) is 7.95. The molecule has 0 amide bonds. The first-order valence-electron chi connectivity index (χ1n) is 6.51. The van der Waals surface area contributed by atoms with Gasteiger partial charge >= 0.3 is 0 Å². The summed E-state index contributed by atoms with van der Waals surface area (Å²) in [7, 11) is -2.03. The maximum atomic E-state index is 11.9. The van der Waals surface area contributed by atoms with Gasteiger partial charge in [0.2, 0.25) is 0 Å². The molecule has 114 valence electrons. The van der Waals surface area contributed by atoms with E-state index in [4.69, 9.17) is 11.6 Å². The topological polar surface area (TPSA) is 69.6 Å². The summed E-state index contributed by atoms with van der Waals surface area (Å²) < 4.78 is 27.5. The third kappa shape index (κ3) is 5.38. The Balaban J connectivity index is 2.55. The first-order chi connectivity index (χ1) is 9.36. The maximum Gasteiger partial charge on any atom is 0.279 e. The highest BCUT2D eigenvalue weighted by Crippen LogP contribution is 2.16. The number of nitrogens with one attached hydrogen (secondary N) is 1. The smallest absolute Gasteiger partial charge is 0.279 e. The number of hydrogen-bond donors (Lipinski definition) is 2. The zero-order chi connectivity index (χ0) is 15.2. The number of aliphatic hydroxyl groups is 1. The van der Waals surface area contributed by atoms with Crippen LogP contribution in [0.15, 0.2) is 24.3 Å². The van der Waals surface area contributed by atoms with Crippen LogP contribution in [0.3, 0.4) is 0 Å². The number of halogens is 1. The SMILES string of the molecule is CCCCN(C)S(=O)(=O)NCC(O)c1ccc(Cl)cc1. The molecule has 1 unspecified atom stereocenters. The molecule has 0 aliphatic rings. The van der Waals surface area contributed by atoms with Crippen LogP contribution in [0.2, 0.25) is 5.02 Å². The van der Waals surface area contributed by atoms with Crippen LogP contribution in [0.4, 0.5) is 0 Å². The molecule has 0 heterocycles. The Hall–Kier alpha value is -0.660.